The Morgan fingerprint density at radius 2 is 1.69 bits per heavy atom. The minimum absolute atomic E-state index is 0.0548. The number of amides is 1. The minimum atomic E-state index is -4.03. The zero-order chi connectivity index (χ0) is 22.7. The van der Waals surface area contributed by atoms with Gasteiger partial charge in [-0.1, -0.05) is 42.5 Å². The quantitative estimate of drug-likeness (QED) is 0.620. The predicted octanol–water partition coefficient (Wildman–Crippen LogP) is 3.27. The molecule has 0 aliphatic carbocycles. The molecule has 1 amide bonds. The number of sulfonamides is 1. The number of nitrogens with one attached hydrogen (secondary N) is 1. The molecule has 3 aromatic rings. The summed E-state index contributed by atoms with van der Waals surface area (Å²) in [4.78, 5) is 13.2. The van der Waals surface area contributed by atoms with Gasteiger partial charge >= 0.3 is 0 Å². The second-order valence-electron chi connectivity index (χ2n) is 7.52. The highest BCUT2D eigenvalue weighted by Crippen LogP contribution is 2.29. The highest BCUT2D eigenvalue weighted by Gasteiger charge is 2.39. The minimum Gasteiger partial charge on any atom is -0.496 e. The third-order valence-corrected chi connectivity index (χ3v) is 7.44. The van der Waals surface area contributed by atoms with Gasteiger partial charge in [-0.05, 0) is 47.9 Å². The molecule has 1 aliphatic rings. The molecule has 0 aromatic heterocycles. The molecule has 0 bridgehead atoms. The van der Waals surface area contributed by atoms with Crippen molar-refractivity contribution in [1.29, 1.82) is 0 Å². The summed E-state index contributed by atoms with van der Waals surface area (Å²) in [6, 6.07) is 18.5. The van der Waals surface area contributed by atoms with Crippen molar-refractivity contribution in [1.82, 2.24) is 9.62 Å². The van der Waals surface area contributed by atoms with Gasteiger partial charge < -0.3 is 10.1 Å². The van der Waals surface area contributed by atoms with Crippen molar-refractivity contribution in [3.8, 4) is 5.75 Å². The molecule has 1 N–H and O–H groups in total. The summed E-state index contributed by atoms with van der Waals surface area (Å²) in [5, 5.41) is 2.85. The zero-order valence-electron chi connectivity index (χ0n) is 17.5. The molecule has 1 aliphatic heterocycles. The first-order chi connectivity index (χ1) is 15.4. The molecular formula is C24H23FN2O4S. The van der Waals surface area contributed by atoms with Gasteiger partial charge in [-0.2, -0.15) is 4.31 Å². The molecule has 1 unspecified atom stereocenters. The van der Waals surface area contributed by atoms with Crippen LogP contribution in [0.3, 0.4) is 0 Å². The summed E-state index contributed by atoms with van der Waals surface area (Å²) in [5.41, 5.74) is 2.55. The van der Waals surface area contributed by atoms with Gasteiger partial charge in [0, 0.05) is 18.7 Å². The average Bonchev–Trinajstić information content (AvgIpc) is 2.82. The van der Waals surface area contributed by atoms with Crippen molar-refractivity contribution in [3.05, 3.63) is 95.3 Å². The lowest BCUT2D eigenvalue weighted by atomic mass is 9.95. The van der Waals surface area contributed by atoms with Crippen molar-refractivity contribution in [3.63, 3.8) is 0 Å². The topological polar surface area (TPSA) is 75.7 Å². The maximum atomic E-state index is 13.4. The van der Waals surface area contributed by atoms with Crippen LogP contribution in [0, 0.1) is 5.82 Å². The smallest absolute Gasteiger partial charge is 0.244 e. The Morgan fingerprint density at radius 1 is 1.03 bits per heavy atom. The Bertz CT molecular complexity index is 1230. The summed E-state index contributed by atoms with van der Waals surface area (Å²) in [5.74, 6) is -0.298. The molecule has 1 heterocycles. The van der Waals surface area contributed by atoms with Gasteiger partial charge in [-0.25, -0.2) is 12.8 Å². The number of halogens is 1. The van der Waals surface area contributed by atoms with Crippen LogP contribution in [0.5, 0.6) is 5.75 Å². The molecule has 0 fully saturated rings. The fraction of sp³-hybridized carbons (Fsp3) is 0.208. The van der Waals surface area contributed by atoms with Gasteiger partial charge in [-0.15, -0.1) is 0 Å². The first-order valence-corrected chi connectivity index (χ1v) is 11.6. The average molecular weight is 455 g/mol. The number of fused-ring (bicyclic) bond motifs is 1. The van der Waals surface area contributed by atoms with Gasteiger partial charge in [0.2, 0.25) is 15.9 Å². The number of nitrogens with zero attached hydrogens (tertiary/aromatic N) is 1. The van der Waals surface area contributed by atoms with Gasteiger partial charge in [0.05, 0.1) is 12.0 Å². The summed E-state index contributed by atoms with van der Waals surface area (Å²) in [6.45, 7) is 0.258. The van der Waals surface area contributed by atoms with E-state index in [0.29, 0.717) is 5.75 Å². The summed E-state index contributed by atoms with van der Waals surface area (Å²) in [7, 11) is -2.48. The predicted molar refractivity (Wildman–Crippen MR) is 118 cm³/mol. The molecule has 0 saturated heterocycles. The molecular weight excluding hydrogens is 431 g/mol. The molecule has 4 rings (SSSR count). The van der Waals surface area contributed by atoms with Gasteiger partial charge in [0.1, 0.15) is 17.6 Å². The van der Waals surface area contributed by atoms with E-state index in [1.807, 2.05) is 42.5 Å². The van der Waals surface area contributed by atoms with Crippen molar-refractivity contribution in [2.45, 2.75) is 30.4 Å². The van der Waals surface area contributed by atoms with Crippen LogP contribution in [0.15, 0.2) is 77.7 Å². The van der Waals surface area contributed by atoms with Gasteiger partial charge in [-0.3, -0.25) is 4.79 Å². The first kappa shape index (κ1) is 22.0. The van der Waals surface area contributed by atoms with E-state index >= 15 is 0 Å². The zero-order valence-corrected chi connectivity index (χ0v) is 18.3. The Kier molecular flexibility index (Phi) is 6.25. The molecule has 0 saturated carbocycles. The fourth-order valence-corrected chi connectivity index (χ4v) is 5.43. The lowest BCUT2D eigenvalue weighted by Gasteiger charge is -2.35. The van der Waals surface area contributed by atoms with Crippen LogP contribution in [0.25, 0.3) is 0 Å². The van der Waals surface area contributed by atoms with Crippen LogP contribution in [-0.2, 0) is 34.3 Å². The SMILES string of the molecule is COc1ccccc1CNC(=O)C1Cc2ccccc2CN1S(=O)(=O)c1ccc(F)cc1. The van der Waals surface area contributed by atoms with Crippen molar-refractivity contribution < 1.29 is 22.3 Å². The molecule has 6 nitrogen and oxygen atoms in total. The molecule has 1 atom stereocenters. The largest absolute Gasteiger partial charge is 0.496 e. The number of methoxy groups -OCH3 is 1. The van der Waals surface area contributed by atoms with Gasteiger partial charge in [0.25, 0.3) is 0 Å². The number of hydrogen-bond donors (Lipinski definition) is 1. The van der Waals surface area contributed by atoms with Crippen LogP contribution in [-0.4, -0.2) is 31.8 Å². The van der Waals surface area contributed by atoms with Crippen molar-refractivity contribution in [2.24, 2.45) is 0 Å². The van der Waals surface area contributed by atoms with Gasteiger partial charge in [0.15, 0.2) is 0 Å². The third kappa shape index (κ3) is 4.37. The van der Waals surface area contributed by atoms with E-state index in [0.717, 1.165) is 28.8 Å². The Hall–Kier alpha value is -3.23. The van der Waals surface area contributed by atoms with Crippen molar-refractivity contribution in [2.75, 3.05) is 7.11 Å². The molecule has 3 aromatic carbocycles. The van der Waals surface area contributed by atoms with E-state index in [2.05, 4.69) is 5.32 Å². The van der Waals surface area contributed by atoms with E-state index in [1.54, 1.807) is 13.2 Å². The number of para-hydroxylation sites is 1. The normalized spacial score (nSPS) is 16.2. The maximum Gasteiger partial charge on any atom is 0.244 e. The van der Waals surface area contributed by atoms with Crippen LogP contribution < -0.4 is 10.1 Å². The van der Waals surface area contributed by atoms with Crippen LogP contribution in [0.1, 0.15) is 16.7 Å². The highest BCUT2D eigenvalue weighted by molar-refractivity contribution is 7.89. The standard InChI is InChI=1S/C24H23FN2O4S/c1-31-23-9-5-4-7-18(23)15-26-24(28)22-14-17-6-2-3-8-19(17)16-27(22)32(29,30)21-12-10-20(25)11-13-21/h2-13,22H,14-16H2,1H3,(H,26,28). The number of ether oxygens (including phenoxy) is 1. The lowest BCUT2D eigenvalue weighted by molar-refractivity contribution is -0.125. The fourth-order valence-electron chi connectivity index (χ4n) is 3.87. The van der Waals surface area contributed by atoms with E-state index in [4.69, 9.17) is 4.74 Å². The molecule has 0 radical (unpaired) electrons. The lowest BCUT2D eigenvalue weighted by Crippen LogP contribution is -2.52. The molecule has 32 heavy (non-hydrogen) atoms. The summed E-state index contributed by atoms with van der Waals surface area (Å²) < 4.78 is 46.7. The van der Waals surface area contributed by atoms with Crippen LogP contribution in [0.2, 0.25) is 0 Å². The van der Waals surface area contributed by atoms with Crippen LogP contribution >= 0.6 is 0 Å². The number of hydrogen-bond acceptors (Lipinski definition) is 4. The second-order valence-corrected chi connectivity index (χ2v) is 9.41. The number of carbonyl (C=O) groups is 1. The molecule has 8 heteroatoms. The van der Waals surface area contributed by atoms with Crippen LogP contribution in [0.4, 0.5) is 4.39 Å². The van der Waals surface area contributed by atoms with E-state index in [1.165, 1.54) is 16.4 Å². The second kappa shape index (κ2) is 9.10. The first-order valence-electron chi connectivity index (χ1n) is 10.1. The third-order valence-electron chi connectivity index (χ3n) is 5.57. The van der Waals surface area contributed by atoms with E-state index in [-0.39, 0.29) is 24.4 Å². The van der Waals surface area contributed by atoms with E-state index in [9.17, 15) is 17.6 Å². The number of benzene rings is 3. The highest BCUT2D eigenvalue weighted by atomic mass is 32.2. The number of carbonyl (C=O) groups excluding carboxylic acids is 1. The Labute approximate surface area is 186 Å². The Morgan fingerprint density at radius 3 is 2.41 bits per heavy atom. The Balaban J connectivity index is 1.64. The molecule has 0 spiro atoms. The van der Waals surface area contributed by atoms with Crippen molar-refractivity contribution >= 4 is 15.9 Å². The molecule has 166 valence electrons. The monoisotopic (exact) mass is 454 g/mol. The maximum absolute atomic E-state index is 13.4. The summed E-state index contributed by atoms with van der Waals surface area (Å²) >= 11 is 0. The van der Waals surface area contributed by atoms with E-state index < -0.39 is 27.8 Å². The number of rotatable bonds is 6. The summed E-state index contributed by atoms with van der Waals surface area (Å²) in [6.07, 6.45) is 0.244.